The Balaban J connectivity index is 1.78. The van der Waals surface area contributed by atoms with Crippen molar-refractivity contribution in [1.29, 1.82) is 0 Å². The SMILES string of the molecule is Cc1c(Cl)cccc1N1C(=O)NC(=O)/C(=C\c2cccn2-c2ccccc2)C1=O. The van der Waals surface area contributed by atoms with Crippen molar-refractivity contribution in [2.75, 3.05) is 4.90 Å². The molecule has 1 aliphatic heterocycles. The Morgan fingerprint density at radius 1 is 0.931 bits per heavy atom. The van der Waals surface area contributed by atoms with Crippen LogP contribution in [0.4, 0.5) is 10.5 Å². The summed E-state index contributed by atoms with van der Waals surface area (Å²) in [5.74, 6) is -1.44. The van der Waals surface area contributed by atoms with E-state index in [0.717, 1.165) is 10.6 Å². The van der Waals surface area contributed by atoms with Crippen LogP contribution >= 0.6 is 11.6 Å². The number of hydrogen-bond donors (Lipinski definition) is 1. The highest BCUT2D eigenvalue weighted by Gasteiger charge is 2.37. The summed E-state index contributed by atoms with van der Waals surface area (Å²) in [5, 5.41) is 2.65. The molecule has 0 aliphatic carbocycles. The van der Waals surface area contributed by atoms with Crippen molar-refractivity contribution in [3.05, 3.63) is 88.7 Å². The van der Waals surface area contributed by atoms with Crippen molar-refractivity contribution in [2.45, 2.75) is 6.92 Å². The van der Waals surface area contributed by atoms with Gasteiger partial charge in [0.2, 0.25) is 0 Å². The van der Waals surface area contributed by atoms with E-state index in [-0.39, 0.29) is 5.57 Å². The minimum Gasteiger partial charge on any atom is -0.317 e. The van der Waals surface area contributed by atoms with E-state index in [1.165, 1.54) is 6.08 Å². The third-order valence-electron chi connectivity index (χ3n) is 4.69. The van der Waals surface area contributed by atoms with Crippen LogP contribution in [0.2, 0.25) is 5.02 Å². The maximum atomic E-state index is 13.1. The molecule has 1 aromatic heterocycles. The van der Waals surface area contributed by atoms with Crippen LogP contribution in [0.3, 0.4) is 0 Å². The van der Waals surface area contributed by atoms with Gasteiger partial charge < -0.3 is 4.57 Å². The van der Waals surface area contributed by atoms with Gasteiger partial charge in [0.05, 0.1) is 5.69 Å². The zero-order valence-electron chi connectivity index (χ0n) is 15.4. The number of halogens is 1. The van der Waals surface area contributed by atoms with Crippen molar-refractivity contribution in [3.63, 3.8) is 0 Å². The Bertz CT molecular complexity index is 1170. The standard InChI is InChI=1S/C22H16ClN3O3/c1-14-18(23)10-5-11-19(14)26-21(28)17(20(27)24-22(26)29)13-16-9-6-12-25(16)15-7-3-2-4-8-15/h2-13H,1H3,(H,24,27,29)/b17-13+. The van der Waals surface area contributed by atoms with Gasteiger partial charge in [0, 0.05) is 22.6 Å². The molecule has 0 spiro atoms. The summed E-state index contributed by atoms with van der Waals surface area (Å²) in [7, 11) is 0. The number of hydrogen-bond acceptors (Lipinski definition) is 3. The number of amides is 4. The summed E-state index contributed by atoms with van der Waals surface area (Å²) in [6, 6.07) is 17.2. The van der Waals surface area contributed by atoms with Crippen LogP contribution in [0.25, 0.3) is 11.8 Å². The topological polar surface area (TPSA) is 71.4 Å². The van der Waals surface area contributed by atoms with Crippen LogP contribution in [-0.4, -0.2) is 22.4 Å². The molecule has 0 bridgehead atoms. The van der Waals surface area contributed by atoms with Gasteiger partial charge in [-0.25, -0.2) is 9.69 Å². The predicted octanol–water partition coefficient (Wildman–Crippen LogP) is 4.11. The largest absolute Gasteiger partial charge is 0.335 e. The molecule has 1 N–H and O–H groups in total. The van der Waals surface area contributed by atoms with Gasteiger partial charge in [0.1, 0.15) is 5.57 Å². The van der Waals surface area contributed by atoms with Gasteiger partial charge in [-0.15, -0.1) is 0 Å². The van der Waals surface area contributed by atoms with Crippen molar-refractivity contribution in [3.8, 4) is 5.69 Å². The molecule has 4 rings (SSSR count). The molecule has 1 aliphatic rings. The fourth-order valence-electron chi connectivity index (χ4n) is 3.20. The van der Waals surface area contributed by atoms with Gasteiger partial charge in [-0.2, -0.15) is 0 Å². The van der Waals surface area contributed by atoms with Crippen LogP contribution < -0.4 is 10.2 Å². The van der Waals surface area contributed by atoms with Crippen molar-refractivity contribution >= 4 is 41.2 Å². The molecule has 6 nitrogen and oxygen atoms in total. The molecule has 2 aromatic carbocycles. The Labute approximate surface area is 172 Å². The molecule has 1 saturated heterocycles. The highest BCUT2D eigenvalue weighted by atomic mass is 35.5. The number of nitrogens with zero attached hydrogens (tertiary/aromatic N) is 2. The first-order valence-electron chi connectivity index (χ1n) is 8.86. The Morgan fingerprint density at radius 2 is 1.69 bits per heavy atom. The quantitative estimate of drug-likeness (QED) is 0.526. The van der Waals surface area contributed by atoms with Crippen LogP contribution in [-0.2, 0) is 9.59 Å². The monoisotopic (exact) mass is 405 g/mol. The minimum absolute atomic E-state index is 0.139. The molecule has 0 unspecified atom stereocenters. The summed E-state index contributed by atoms with van der Waals surface area (Å²) < 4.78 is 1.85. The van der Waals surface area contributed by atoms with E-state index in [1.54, 1.807) is 31.2 Å². The number of carbonyl (C=O) groups excluding carboxylic acids is 3. The number of benzene rings is 2. The van der Waals surface area contributed by atoms with E-state index in [0.29, 0.717) is 22.0 Å². The molecule has 144 valence electrons. The van der Waals surface area contributed by atoms with Gasteiger partial charge >= 0.3 is 6.03 Å². The Morgan fingerprint density at radius 3 is 2.45 bits per heavy atom. The number of para-hydroxylation sites is 1. The molecule has 3 aromatic rings. The van der Waals surface area contributed by atoms with E-state index in [2.05, 4.69) is 5.32 Å². The lowest BCUT2D eigenvalue weighted by molar-refractivity contribution is -0.122. The molecule has 0 atom stereocenters. The fraction of sp³-hybridized carbons (Fsp3) is 0.0455. The average molecular weight is 406 g/mol. The van der Waals surface area contributed by atoms with E-state index in [9.17, 15) is 14.4 Å². The lowest BCUT2D eigenvalue weighted by Gasteiger charge is -2.27. The van der Waals surface area contributed by atoms with Gasteiger partial charge in [-0.3, -0.25) is 14.9 Å². The number of nitrogens with one attached hydrogen (secondary N) is 1. The summed E-state index contributed by atoms with van der Waals surface area (Å²) >= 11 is 6.14. The van der Waals surface area contributed by atoms with E-state index in [4.69, 9.17) is 11.6 Å². The number of imide groups is 2. The van der Waals surface area contributed by atoms with Crippen molar-refractivity contribution in [1.82, 2.24) is 9.88 Å². The number of anilines is 1. The van der Waals surface area contributed by atoms with Crippen LogP contribution in [0, 0.1) is 6.92 Å². The zero-order chi connectivity index (χ0) is 20.5. The van der Waals surface area contributed by atoms with Crippen LogP contribution in [0.15, 0.2) is 72.4 Å². The first-order chi connectivity index (χ1) is 14.0. The first-order valence-corrected chi connectivity index (χ1v) is 9.24. The van der Waals surface area contributed by atoms with Gasteiger partial charge in [0.15, 0.2) is 0 Å². The molecular weight excluding hydrogens is 390 g/mol. The second-order valence-electron chi connectivity index (χ2n) is 6.48. The molecule has 0 saturated carbocycles. The maximum Gasteiger partial charge on any atom is 0.335 e. The summed E-state index contributed by atoms with van der Waals surface area (Å²) in [6.07, 6.45) is 3.31. The number of barbiturate groups is 1. The minimum atomic E-state index is -0.805. The average Bonchev–Trinajstić information content (AvgIpc) is 3.17. The molecule has 29 heavy (non-hydrogen) atoms. The second kappa shape index (κ2) is 7.41. The van der Waals surface area contributed by atoms with Gasteiger partial charge in [-0.05, 0) is 55.0 Å². The zero-order valence-corrected chi connectivity index (χ0v) is 16.2. The third-order valence-corrected chi connectivity index (χ3v) is 5.10. The van der Waals surface area contributed by atoms with Crippen molar-refractivity contribution in [2.24, 2.45) is 0 Å². The number of carbonyl (C=O) groups is 3. The van der Waals surface area contributed by atoms with Crippen LogP contribution in [0.1, 0.15) is 11.3 Å². The molecule has 2 heterocycles. The summed E-state index contributed by atoms with van der Waals surface area (Å²) in [4.78, 5) is 38.9. The maximum absolute atomic E-state index is 13.1. The van der Waals surface area contributed by atoms with E-state index >= 15 is 0 Å². The molecule has 1 fully saturated rings. The number of aromatic nitrogens is 1. The van der Waals surface area contributed by atoms with Gasteiger partial charge in [0.25, 0.3) is 11.8 Å². The lowest BCUT2D eigenvalue weighted by atomic mass is 10.1. The molecule has 4 amide bonds. The van der Waals surface area contributed by atoms with E-state index in [1.807, 2.05) is 47.2 Å². The molecule has 0 radical (unpaired) electrons. The highest BCUT2D eigenvalue weighted by Crippen LogP contribution is 2.29. The van der Waals surface area contributed by atoms with Crippen molar-refractivity contribution < 1.29 is 14.4 Å². The number of rotatable bonds is 3. The highest BCUT2D eigenvalue weighted by molar-refractivity contribution is 6.39. The van der Waals surface area contributed by atoms with E-state index < -0.39 is 17.8 Å². The summed E-state index contributed by atoms with van der Waals surface area (Å²) in [5.41, 5.74) is 2.27. The molecule has 7 heteroatoms. The Hall–Kier alpha value is -3.64. The molecular formula is C22H16ClN3O3. The third kappa shape index (κ3) is 3.34. The fourth-order valence-corrected chi connectivity index (χ4v) is 3.37. The predicted molar refractivity (Wildman–Crippen MR) is 111 cm³/mol. The Kier molecular flexibility index (Phi) is 4.78. The first kappa shape index (κ1) is 18.7. The van der Waals surface area contributed by atoms with Gasteiger partial charge in [-0.1, -0.05) is 35.9 Å². The smallest absolute Gasteiger partial charge is 0.317 e. The summed E-state index contributed by atoms with van der Waals surface area (Å²) in [6.45, 7) is 1.71. The second-order valence-corrected chi connectivity index (χ2v) is 6.89. The lowest BCUT2D eigenvalue weighted by Crippen LogP contribution is -2.54. The normalized spacial score (nSPS) is 15.7. The number of urea groups is 1. The van der Waals surface area contributed by atoms with Crippen LogP contribution in [0.5, 0.6) is 0 Å².